The molecule has 0 saturated heterocycles. The summed E-state index contributed by atoms with van der Waals surface area (Å²) in [5.41, 5.74) is 0.341. The lowest BCUT2D eigenvalue weighted by Gasteiger charge is -2.17. The lowest BCUT2D eigenvalue weighted by molar-refractivity contribution is -0.384. The van der Waals surface area contributed by atoms with Gasteiger partial charge in [0.05, 0.1) is 22.6 Å². The molecule has 1 N–H and O–H groups in total. The molecule has 0 radical (unpaired) electrons. The molecule has 1 unspecified atom stereocenters. The molecule has 0 saturated carbocycles. The number of hydrogen-bond donors (Lipinski definition) is 1. The molecule has 7 nitrogen and oxygen atoms in total. The van der Waals surface area contributed by atoms with Crippen LogP contribution in [0.1, 0.15) is 25.8 Å². The Hall–Kier alpha value is -2.62. The normalized spacial score (nSPS) is 11.2. The Morgan fingerprint density at radius 3 is 2.80 bits per heavy atom. The zero-order valence-corrected chi connectivity index (χ0v) is 11.3. The third-order valence-corrected chi connectivity index (χ3v) is 2.66. The van der Waals surface area contributed by atoms with Crippen LogP contribution in [0.4, 0.5) is 11.4 Å². The van der Waals surface area contributed by atoms with Crippen molar-refractivity contribution in [3.05, 3.63) is 33.9 Å². The van der Waals surface area contributed by atoms with Crippen LogP contribution in [-0.2, 0) is 9.53 Å². The number of nitrogens with zero attached hydrogens (tertiary/aromatic N) is 2. The number of anilines is 1. The zero-order chi connectivity index (χ0) is 15.1. The van der Waals surface area contributed by atoms with Gasteiger partial charge < -0.3 is 10.1 Å². The zero-order valence-electron chi connectivity index (χ0n) is 11.3. The second-order valence-corrected chi connectivity index (χ2v) is 4.15. The van der Waals surface area contributed by atoms with Gasteiger partial charge in [-0.1, -0.05) is 6.92 Å². The quantitative estimate of drug-likeness (QED) is 0.485. The average Bonchev–Trinajstić information content (AvgIpc) is 2.43. The van der Waals surface area contributed by atoms with Gasteiger partial charge in [0.2, 0.25) is 0 Å². The van der Waals surface area contributed by atoms with Crippen molar-refractivity contribution in [3.63, 3.8) is 0 Å². The molecule has 0 aliphatic rings. The predicted molar refractivity (Wildman–Crippen MR) is 72.1 cm³/mol. The highest BCUT2D eigenvalue weighted by molar-refractivity contribution is 5.66. The fourth-order valence-electron chi connectivity index (χ4n) is 1.57. The Bertz CT molecular complexity index is 551. The number of carbonyl (C=O) groups is 1. The maximum Gasteiger partial charge on any atom is 0.302 e. The van der Waals surface area contributed by atoms with Crippen LogP contribution in [0.25, 0.3) is 0 Å². The summed E-state index contributed by atoms with van der Waals surface area (Å²) in [5.74, 6) is -0.403. The van der Waals surface area contributed by atoms with Crippen molar-refractivity contribution >= 4 is 17.3 Å². The minimum atomic E-state index is -0.554. The molecule has 1 aromatic carbocycles. The molecular weight excluding hydrogens is 262 g/mol. The molecule has 1 rings (SSSR count). The highest BCUT2D eigenvalue weighted by Gasteiger charge is 2.18. The van der Waals surface area contributed by atoms with Gasteiger partial charge in [-0.2, -0.15) is 5.26 Å². The van der Waals surface area contributed by atoms with E-state index < -0.39 is 10.9 Å². The van der Waals surface area contributed by atoms with Crippen molar-refractivity contribution in [2.45, 2.75) is 26.3 Å². The molecule has 1 atom stereocenters. The minimum absolute atomic E-state index is 0.128. The predicted octanol–water partition coefficient (Wildman–Crippen LogP) is 2.22. The maximum absolute atomic E-state index is 11.0. The van der Waals surface area contributed by atoms with Gasteiger partial charge in [-0.15, -0.1) is 0 Å². The van der Waals surface area contributed by atoms with Crippen molar-refractivity contribution in [3.8, 4) is 6.07 Å². The Morgan fingerprint density at radius 2 is 2.30 bits per heavy atom. The Morgan fingerprint density at radius 1 is 1.60 bits per heavy atom. The first-order chi connectivity index (χ1) is 9.47. The van der Waals surface area contributed by atoms with Crippen LogP contribution in [0.5, 0.6) is 0 Å². The van der Waals surface area contributed by atoms with E-state index in [-0.39, 0.29) is 23.9 Å². The first-order valence-corrected chi connectivity index (χ1v) is 6.06. The molecule has 7 heteroatoms. The standard InChI is InChI=1S/C13H15N3O4/c1-3-11(8-20-9(2)17)15-12-5-4-10(7-14)6-13(12)16(18)19/h4-6,11,15H,3,8H2,1-2H3. The van der Waals surface area contributed by atoms with Crippen LogP contribution in [0.2, 0.25) is 0 Å². The van der Waals surface area contributed by atoms with E-state index >= 15 is 0 Å². The number of nitro groups is 1. The van der Waals surface area contributed by atoms with Gasteiger partial charge in [-0.05, 0) is 18.6 Å². The molecule has 0 amide bonds. The van der Waals surface area contributed by atoms with Crippen molar-refractivity contribution in [1.82, 2.24) is 0 Å². The number of nitro benzene ring substituents is 1. The fraction of sp³-hybridized carbons (Fsp3) is 0.385. The minimum Gasteiger partial charge on any atom is -0.464 e. The van der Waals surface area contributed by atoms with Crippen molar-refractivity contribution < 1.29 is 14.5 Å². The van der Waals surface area contributed by atoms with Gasteiger partial charge in [0.25, 0.3) is 5.69 Å². The van der Waals surface area contributed by atoms with Gasteiger partial charge >= 0.3 is 5.97 Å². The van der Waals surface area contributed by atoms with Crippen molar-refractivity contribution in [2.24, 2.45) is 0 Å². The summed E-state index contributed by atoms with van der Waals surface area (Å²) < 4.78 is 4.89. The summed E-state index contributed by atoms with van der Waals surface area (Å²) in [7, 11) is 0. The third kappa shape index (κ3) is 4.24. The molecule has 0 aliphatic heterocycles. The third-order valence-electron chi connectivity index (χ3n) is 2.66. The van der Waals surface area contributed by atoms with E-state index in [1.807, 2.05) is 13.0 Å². The smallest absolute Gasteiger partial charge is 0.302 e. The molecule has 106 valence electrons. The fourth-order valence-corrected chi connectivity index (χ4v) is 1.57. The molecule has 0 fully saturated rings. The monoisotopic (exact) mass is 277 g/mol. The van der Waals surface area contributed by atoms with Crippen LogP contribution < -0.4 is 5.32 Å². The van der Waals surface area contributed by atoms with E-state index in [1.54, 1.807) is 0 Å². The number of benzene rings is 1. The summed E-state index contributed by atoms with van der Waals surface area (Å²) in [5, 5.41) is 22.7. The molecular formula is C13H15N3O4. The van der Waals surface area contributed by atoms with Gasteiger partial charge in [0.15, 0.2) is 0 Å². The van der Waals surface area contributed by atoms with E-state index in [0.29, 0.717) is 12.1 Å². The second kappa shape index (κ2) is 7.09. The molecule has 0 bridgehead atoms. The Kier molecular flexibility index (Phi) is 5.47. The Balaban J connectivity index is 2.92. The first-order valence-electron chi connectivity index (χ1n) is 6.06. The molecule has 0 aromatic heterocycles. The summed E-state index contributed by atoms with van der Waals surface area (Å²) >= 11 is 0. The van der Waals surface area contributed by atoms with E-state index in [9.17, 15) is 14.9 Å². The largest absolute Gasteiger partial charge is 0.464 e. The van der Waals surface area contributed by atoms with Crippen LogP contribution in [0.3, 0.4) is 0 Å². The molecule has 0 aliphatic carbocycles. The molecule has 0 spiro atoms. The highest BCUT2D eigenvalue weighted by Crippen LogP contribution is 2.26. The average molecular weight is 277 g/mol. The number of rotatable bonds is 6. The summed E-state index contributed by atoms with van der Waals surface area (Å²) in [6, 6.07) is 5.81. The van der Waals surface area contributed by atoms with Crippen LogP contribution in [0, 0.1) is 21.4 Å². The van der Waals surface area contributed by atoms with E-state index in [2.05, 4.69) is 5.32 Å². The van der Waals surface area contributed by atoms with Crippen molar-refractivity contribution in [1.29, 1.82) is 5.26 Å². The SMILES string of the molecule is CCC(COC(C)=O)Nc1ccc(C#N)cc1[N+](=O)[O-]. The van der Waals surface area contributed by atoms with E-state index in [4.69, 9.17) is 10.00 Å². The number of nitrogens with one attached hydrogen (secondary N) is 1. The Labute approximate surface area is 116 Å². The number of hydrogen-bond acceptors (Lipinski definition) is 6. The van der Waals surface area contributed by atoms with Crippen LogP contribution in [-0.4, -0.2) is 23.5 Å². The highest BCUT2D eigenvalue weighted by atomic mass is 16.6. The molecule has 0 heterocycles. The number of carbonyl (C=O) groups excluding carboxylic acids is 1. The van der Waals surface area contributed by atoms with E-state index in [1.165, 1.54) is 25.1 Å². The van der Waals surface area contributed by atoms with Gasteiger partial charge in [0.1, 0.15) is 12.3 Å². The molecule has 20 heavy (non-hydrogen) atoms. The first kappa shape index (κ1) is 15.4. The maximum atomic E-state index is 11.0. The summed E-state index contributed by atoms with van der Waals surface area (Å²) in [4.78, 5) is 21.2. The van der Waals surface area contributed by atoms with E-state index in [0.717, 1.165) is 0 Å². The summed E-state index contributed by atoms with van der Waals surface area (Å²) in [6.45, 7) is 3.30. The molecule has 1 aromatic rings. The lowest BCUT2D eigenvalue weighted by Crippen LogP contribution is -2.26. The summed E-state index contributed by atoms with van der Waals surface area (Å²) in [6.07, 6.45) is 0.629. The van der Waals surface area contributed by atoms with Gasteiger partial charge in [-0.25, -0.2) is 0 Å². The van der Waals surface area contributed by atoms with Crippen LogP contribution >= 0.6 is 0 Å². The van der Waals surface area contributed by atoms with Gasteiger partial charge in [-0.3, -0.25) is 14.9 Å². The topological polar surface area (TPSA) is 105 Å². The van der Waals surface area contributed by atoms with Crippen molar-refractivity contribution in [2.75, 3.05) is 11.9 Å². The van der Waals surface area contributed by atoms with Gasteiger partial charge in [0, 0.05) is 13.0 Å². The second-order valence-electron chi connectivity index (χ2n) is 4.15. The van der Waals surface area contributed by atoms with Crippen LogP contribution in [0.15, 0.2) is 18.2 Å². The number of esters is 1. The number of nitriles is 1. The number of ether oxygens (including phenoxy) is 1. The lowest BCUT2D eigenvalue weighted by atomic mass is 10.1.